The lowest BCUT2D eigenvalue weighted by Crippen LogP contribution is -2.61. The Labute approximate surface area is 105 Å². The van der Waals surface area contributed by atoms with Crippen LogP contribution in [0.1, 0.15) is 33.6 Å². The Morgan fingerprint density at radius 3 is 2.41 bits per heavy atom. The van der Waals surface area contributed by atoms with Crippen molar-refractivity contribution in [1.29, 1.82) is 0 Å². The molecular formula is C13H28N2O2. The Bertz CT molecular complexity index is 217. The van der Waals surface area contributed by atoms with Crippen molar-refractivity contribution in [2.75, 3.05) is 33.4 Å². The second kappa shape index (κ2) is 6.69. The Hall–Kier alpha value is -0.160. The van der Waals surface area contributed by atoms with Crippen LogP contribution in [0, 0.1) is 0 Å². The smallest absolute Gasteiger partial charge is 0.0736 e. The number of ether oxygens (including phenoxy) is 2. The van der Waals surface area contributed by atoms with Crippen molar-refractivity contribution in [3.63, 3.8) is 0 Å². The summed E-state index contributed by atoms with van der Waals surface area (Å²) in [5.41, 5.74) is 5.89. The molecular weight excluding hydrogens is 216 g/mol. The maximum atomic E-state index is 5.95. The number of hydrogen-bond acceptors (Lipinski definition) is 4. The molecule has 4 heteroatoms. The molecule has 0 bridgehead atoms. The van der Waals surface area contributed by atoms with Crippen LogP contribution >= 0.6 is 0 Å². The first-order valence-electron chi connectivity index (χ1n) is 6.68. The quantitative estimate of drug-likeness (QED) is 0.763. The van der Waals surface area contributed by atoms with Gasteiger partial charge in [-0.1, -0.05) is 0 Å². The van der Waals surface area contributed by atoms with Gasteiger partial charge in [0.2, 0.25) is 0 Å². The summed E-state index contributed by atoms with van der Waals surface area (Å²) < 4.78 is 11.2. The van der Waals surface area contributed by atoms with Crippen LogP contribution in [0.15, 0.2) is 0 Å². The van der Waals surface area contributed by atoms with Crippen LogP contribution in [-0.4, -0.2) is 56.0 Å². The van der Waals surface area contributed by atoms with Gasteiger partial charge in [-0.3, -0.25) is 4.90 Å². The minimum Gasteiger partial charge on any atom is -0.380 e. The second-order valence-electron chi connectivity index (χ2n) is 5.08. The number of nitrogens with two attached hydrogens (primary N) is 1. The van der Waals surface area contributed by atoms with Gasteiger partial charge < -0.3 is 15.2 Å². The first-order chi connectivity index (χ1) is 8.08. The molecule has 0 spiro atoms. The van der Waals surface area contributed by atoms with E-state index < -0.39 is 0 Å². The summed E-state index contributed by atoms with van der Waals surface area (Å²) in [4.78, 5) is 2.46. The van der Waals surface area contributed by atoms with E-state index in [0.717, 1.165) is 32.5 Å². The zero-order chi connectivity index (χ0) is 12.9. The van der Waals surface area contributed by atoms with Gasteiger partial charge in [0, 0.05) is 33.4 Å². The normalized spacial score (nSPS) is 24.5. The van der Waals surface area contributed by atoms with Crippen molar-refractivity contribution in [2.45, 2.75) is 51.4 Å². The fraction of sp³-hybridized carbons (Fsp3) is 1.00. The predicted molar refractivity (Wildman–Crippen MR) is 70.2 cm³/mol. The first-order valence-corrected chi connectivity index (χ1v) is 6.68. The summed E-state index contributed by atoms with van der Waals surface area (Å²) in [6, 6.07) is 0. The fourth-order valence-corrected chi connectivity index (χ4v) is 2.58. The highest BCUT2D eigenvalue weighted by molar-refractivity contribution is 4.95. The minimum atomic E-state index is -0.0636. The van der Waals surface area contributed by atoms with Gasteiger partial charge in [-0.05, 0) is 33.6 Å². The maximum absolute atomic E-state index is 5.95. The topological polar surface area (TPSA) is 47.7 Å². The average Bonchev–Trinajstić information content (AvgIpc) is 2.38. The van der Waals surface area contributed by atoms with E-state index in [9.17, 15) is 0 Å². The highest BCUT2D eigenvalue weighted by atomic mass is 16.5. The van der Waals surface area contributed by atoms with Crippen LogP contribution in [0.4, 0.5) is 0 Å². The molecule has 2 unspecified atom stereocenters. The summed E-state index contributed by atoms with van der Waals surface area (Å²) in [5.74, 6) is 0. The van der Waals surface area contributed by atoms with Crippen molar-refractivity contribution in [1.82, 2.24) is 4.90 Å². The van der Waals surface area contributed by atoms with Gasteiger partial charge in [-0.25, -0.2) is 0 Å². The van der Waals surface area contributed by atoms with Crippen molar-refractivity contribution in [2.24, 2.45) is 5.73 Å². The van der Waals surface area contributed by atoms with E-state index >= 15 is 0 Å². The number of rotatable bonds is 6. The molecule has 102 valence electrons. The first kappa shape index (κ1) is 14.9. The Morgan fingerprint density at radius 1 is 1.41 bits per heavy atom. The van der Waals surface area contributed by atoms with Gasteiger partial charge in [-0.2, -0.15) is 0 Å². The molecule has 17 heavy (non-hydrogen) atoms. The third-order valence-electron chi connectivity index (χ3n) is 4.21. The molecule has 0 aromatic rings. The number of piperidine rings is 1. The standard InChI is InChI=1S/C13H28N2O2/c1-5-17-12-6-8-15(9-7-12)13(3,10-14)11(2)16-4/h11-12H,5-10,14H2,1-4H3. The molecule has 1 fully saturated rings. The molecule has 0 aromatic carbocycles. The largest absolute Gasteiger partial charge is 0.380 e. The SMILES string of the molecule is CCOC1CCN(C(C)(CN)C(C)OC)CC1. The van der Waals surface area contributed by atoms with Gasteiger partial charge in [-0.15, -0.1) is 0 Å². The molecule has 0 aliphatic carbocycles. The molecule has 0 saturated carbocycles. The van der Waals surface area contributed by atoms with Gasteiger partial charge in [0.25, 0.3) is 0 Å². The van der Waals surface area contributed by atoms with Crippen molar-refractivity contribution >= 4 is 0 Å². The Kier molecular flexibility index (Phi) is 5.86. The van der Waals surface area contributed by atoms with E-state index in [1.165, 1.54) is 0 Å². The number of likely N-dealkylation sites (tertiary alicyclic amines) is 1. The molecule has 2 atom stereocenters. The summed E-state index contributed by atoms with van der Waals surface area (Å²) in [5, 5.41) is 0. The second-order valence-corrected chi connectivity index (χ2v) is 5.08. The van der Waals surface area contributed by atoms with Crippen molar-refractivity contribution in [3.05, 3.63) is 0 Å². The van der Waals surface area contributed by atoms with E-state index in [-0.39, 0.29) is 11.6 Å². The lowest BCUT2D eigenvalue weighted by molar-refractivity contribution is -0.0648. The van der Waals surface area contributed by atoms with Crippen LogP contribution < -0.4 is 5.73 Å². The maximum Gasteiger partial charge on any atom is 0.0736 e. The number of nitrogens with zero attached hydrogens (tertiary/aromatic N) is 1. The van der Waals surface area contributed by atoms with Gasteiger partial charge in [0.15, 0.2) is 0 Å². The predicted octanol–water partition coefficient (Wildman–Crippen LogP) is 1.24. The molecule has 1 rings (SSSR count). The number of methoxy groups -OCH3 is 1. The summed E-state index contributed by atoms with van der Waals surface area (Å²) in [6.07, 6.45) is 2.77. The van der Waals surface area contributed by atoms with Crippen LogP contribution in [0.25, 0.3) is 0 Å². The zero-order valence-corrected chi connectivity index (χ0v) is 11.7. The van der Waals surface area contributed by atoms with Crippen molar-refractivity contribution in [3.8, 4) is 0 Å². The van der Waals surface area contributed by atoms with E-state index in [0.29, 0.717) is 12.6 Å². The third-order valence-corrected chi connectivity index (χ3v) is 4.21. The zero-order valence-electron chi connectivity index (χ0n) is 11.7. The molecule has 0 amide bonds. The summed E-state index contributed by atoms with van der Waals surface area (Å²) >= 11 is 0. The summed E-state index contributed by atoms with van der Waals surface area (Å²) in [6.45, 7) is 9.89. The lowest BCUT2D eigenvalue weighted by atomic mass is 9.90. The van der Waals surface area contributed by atoms with Gasteiger partial charge >= 0.3 is 0 Å². The highest BCUT2D eigenvalue weighted by Crippen LogP contribution is 2.25. The molecule has 0 radical (unpaired) electrons. The summed E-state index contributed by atoms with van der Waals surface area (Å²) in [7, 11) is 1.76. The van der Waals surface area contributed by atoms with Gasteiger partial charge in [0.05, 0.1) is 17.7 Å². The Morgan fingerprint density at radius 2 is 2.00 bits per heavy atom. The van der Waals surface area contributed by atoms with E-state index in [2.05, 4.69) is 25.7 Å². The van der Waals surface area contributed by atoms with Crippen LogP contribution in [0.3, 0.4) is 0 Å². The molecule has 1 aliphatic rings. The van der Waals surface area contributed by atoms with Crippen LogP contribution in [0.2, 0.25) is 0 Å². The van der Waals surface area contributed by atoms with E-state index in [1.807, 2.05) is 0 Å². The molecule has 4 nitrogen and oxygen atoms in total. The molecule has 1 aliphatic heterocycles. The minimum absolute atomic E-state index is 0.0636. The highest BCUT2D eigenvalue weighted by Gasteiger charge is 2.38. The lowest BCUT2D eigenvalue weighted by Gasteiger charge is -2.47. The number of hydrogen-bond donors (Lipinski definition) is 1. The van der Waals surface area contributed by atoms with Crippen molar-refractivity contribution < 1.29 is 9.47 Å². The van der Waals surface area contributed by atoms with Gasteiger partial charge in [0.1, 0.15) is 0 Å². The molecule has 2 N–H and O–H groups in total. The average molecular weight is 244 g/mol. The van der Waals surface area contributed by atoms with E-state index in [1.54, 1.807) is 7.11 Å². The molecule has 1 heterocycles. The van der Waals surface area contributed by atoms with E-state index in [4.69, 9.17) is 15.2 Å². The molecule has 0 aromatic heterocycles. The Balaban J connectivity index is 2.56. The third kappa shape index (κ3) is 3.41. The molecule has 1 saturated heterocycles. The fourth-order valence-electron chi connectivity index (χ4n) is 2.58. The van der Waals surface area contributed by atoms with Crippen LogP contribution in [-0.2, 0) is 9.47 Å². The van der Waals surface area contributed by atoms with Crippen LogP contribution in [0.5, 0.6) is 0 Å². The monoisotopic (exact) mass is 244 g/mol.